The van der Waals surface area contributed by atoms with E-state index in [9.17, 15) is 0 Å². The molecule has 0 N–H and O–H groups in total. The number of rotatable bonds is 6. The number of hydrogen-bond acceptors (Lipinski definition) is 4. The number of likely N-dealkylation sites (N-methyl/N-ethyl adjacent to an activating group) is 1. The second-order valence-electron chi connectivity index (χ2n) is 3.29. The van der Waals surface area contributed by atoms with Gasteiger partial charge in [0, 0.05) is 30.3 Å². The number of aliphatic imine (C=N–C) groups is 1. The summed E-state index contributed by atoms with van der Waals surface area (Å²) in [7, 11) is 0. The molecule has 0 aromatic rings. The smallest absolute Gasteiger partial charge is 0.159 e. The lowest BCUT2D eigenvalue weighted by Gasteiger charge is -2.22. The van der Waals surface area contributed by atoms with Gasteiger partial charge in [0.05, 0.1) is 13.2 Å². The summed E-state index contributed by atoms with van der Waals surface area (Å²) >= 11 is 5.38. The van der Waals surface area contributed by atoms with E-state index in [1.54, 1.807) is 0 Å². The molecule has 15 heavy (non-hydrogen) atoms. The summed E-state index contributed by atoms with van der Waals surface area (Å²) in [6.45, 7) is 8.68. The summed E-state index contributed by atoms with van der Waals surface area (Å²) in [5.41, 5.74) is 0. The molecular weight excluding hydrogens is 276 g/mol. The molecule has 0 aromatic carbocycles. The number of amidine groups is 1. The van der Waals surface area contributed by atoms with Crippen LogP contribution in [0.15, 0.2) is 4.99 Å². The van der Waals surface area contributed by atoms with Gasteiger partial charge in [-0.05, 0) is 13.8 Å². The summed E-state index contributed by atoms with van der Waals surface area (Å²) in [6.07, 6.45) is 0. The average Bonchev–Trinajstić information content (AvgIpc) is 2.73. The summed E-state index contributed by atoms with van der Waals surface area (Å²) < 4.78 is 5.36. The van der Waals surface area contributed by atoms with Gasteiger partial charge in [0.2, 0.25) is 0 Å². The molecule has 5 heteroatoms. The van der Waals surface area contributed by atoms with E-state index in [4.69, 9.17) is 4.74 Å². The molecule has 0 amide bonds. The summed E-state index contributed by atoms with van der Waals surface area (Å²) in [6, 6.07) is 0. The predicted molar refractivity (Wildman–Crippen MR) is 71.2 cm³/mol. The van der Waals surface area contributed by atoms with Crippen LogP contribution in [0.1, 0.15) is 13.8 Å². The van der Waals surface area contributed by atoms with Crippen LogP contribution in [-0.4, -0.2) is 53.5 Å². The van der Waals surface area contributed by atoms with Gasteiger partial charge in [0.15, 0.2) is 5.17 Å². The molecular formula is C10H19BrN2OS. The molecule has 0 fully saturated rings. The summed E-state index contributed by atoms with van der Waals surface area (Å²) in [5, 5.41) is 2.82. The molecule has 88 valence electrons. The fourth-order valence-corrected chi connectivity index (χ4v) is 3.00. The number of thioether (sulfide) groups is 1. The van der Waals surface area contributed by atoms with Crippen LogP contribution in [0.4, 0.5) is 0 Å². The Bertz CT molecular complexity index is 214. The van der Waals surface area contributed by atoms with Crippen LogP contribution in [0.5, 0.6) is 0 Å². The van der Waals surface area contributed by atoms with Crippen LogP contribution >= 0.6 is 27.7 Å². The molecule has 1 rings (SSSR count). The molecule has 0 saturated carbocycles. The Hall–Kier alpha value is 0.260. The van der Waals surface area contributed by atoms with Crippen molar-refractivity contribution in [1.82, 2.24) is 4.90 Å². The minimum atomic E-state index is 0.612. The molecule has 0 bridgehead atoms. The number of nitrogens with zero attached hydrogens (tertiary/aromatic N) is 2. The lowest BCUT2D eigenvalue weighted by molar-refractivity contribution is 0.134. The zero-order valence-electron chi connectivity index (χ0n) is 9.41. The lowest BCUT2D eigenvalue weighted by atomic mass is 10.5. The molecule has 3 nitrogen and oxygen atoms in total. The molecule has 0 aromatic heterocycles. The third-order valence-corrected chi connectivity index (χ3v) is 4.69. The Balaban J connectivity index is 2.32. The summed E-state index contributed by atoms with van der Waals surface area (Å²) in [4.78, 5) is 6.85. The van der Waals surface area contributed by atoms with E-state index in [0.29, 0.717) is 5.25 Å². The van der Waals surface area contributed by atoms with Crippen molar-refractivity contribution in [2.45, 2.75) is 19.1 Å². The van der Waals surface area contributed by atoms with Gasteiger partial charge in [-0.15, -0.1) is 0 Å². The first kappa shape index (κ1) is 13.3. The maximum absolute atomic E-state index is 5.36. The molecule has 0 spiro atoms. The first-order valence-electron chi connectivity index (χ1n) is 5.41. The van der Waals surface area contributed by atoms with Gasteiger partial charge in [-0.1, -0.05) is 27.7 Å². The van der Waals surface area contributed by atoms with Gasteiger partial charge in [-0.25, -0.2) is 0 Å². The van der Waals surface area contributed by atoms with E-state index >= 15 is 0 Å². The molecule has 1 aliphatic heterocycles. The maximum atomic E-state index is 5.36. The molecule has 0 radical (unpaired) electrons. The fraction of sp³-hybridized carbons (Fsp3) is 0.900. The zero-order chi connectivity index (χ0) is 11.1. The normalized spacial score (nSPS) is 20.5. The van der Waals surface area contributed by atoms with E-state index < -0.39 is 0 Å². The number of ether oxygens (including phenoxy) is 1. The van der Waals surface area contributed by atoms with Gasteiger partial charge in [0.1, 0.15) is 0 Å². The Morgan fingerprint density at radius 1 is 1.60 bits per heavy atom. The number of hydrogen-bond donors (Lipinski definition) is 0. The van der Waals surface area contributed by atoms with E-state index in [2.05, 4.69) is 32.7 Å². The van der Waals surface area contributed by atoms with Crippen LogP contribution in [-0.2, 0) is 4.74 Å². The topological polar surface area (TPSA) is 24.8 Å². The molecule has 1 unspecified atom stereocenters. The Morgan fingerprint density at radius 3 is 2.93 bits per heavy atom. The van der Waals surface area contributed by atoms with E-state index in [1.807, 2.05) is 18.7 Å². The van der Waals surface area contributed by atoms with Crippen LogP contribution in [0.2, 0.25) is 0 Å². The average molecular weight is 295 g/mol. The van der Waals surface area contributed by atoms with Crippen LogP contribution in [0, 0.1) is 0 Å². The first-order valence-corrected chi connectivity index (χ1v) is 7.41. The van der Waals surface area contributed by atoms with Crippen LogP contribution in [0.25, 0.3) is 0 Å². The van der Waals surface area contributed by atoms with Gasteiger partial charge in [-0.3, -0.25) is 4.99 Å². The quantitative estimate of drug-likeness (QED) is 0.555. The van der Waals surface area contributed by atoms with Crippen molar-refractivity contribution >= 4 is 32.9 Å². The number of alkyl halides is 1. The second kappa shape index (κ2) is 7.52. The van der Waals surface area contributed by atoms with Crippen molar-refractivity contribution in [1.29, 1.82) is 0 Å². The molecule has 1 heterocycles. The van der Waals surface area contributed by atoms with Gasteiger partial charge in [-0.2, -0.15) is 0 Å². The van der Waals surface area contributed by atoms with Crippen molar-refractivity contribution < 1.29 is 4.74 Å². The number of halogens is 1. The Labute approximate surface area is 105 Å². The van der Waals surface area contributed by atoms with Crippen molar-refractivity contribution in [2.75, 3.05) is 38.2 Å². The minimum absolute atomic E-state index is 0.612. The highest BCUT2D eigenvalue weighted by Gasteiger charge is 2.21. The van der Waals surface area contributed by atoms with Gasteiger partial charge in [0.25, 0.3) is 0 Å². The zero-order valence-corrected chi connectivity index (χ0v) is 11.8. The van der Waals surface area contributed by atoms with Crippen LogP contribution in [0.3, 0.4) is 0 Å². The van der Waals surface area contributed by atoms with E-state index in [-0.39, 0.29) is 0 Å². The van der Waals surface area contributed by atoms with Crippen molar-refractivity contribution in [3.8, 4) is 0 Å². The Kier molecular flexibility index (Phi) is 6.68. The monoisotopic (exact) mass is 294 g/mol. The third-order valence-electron chi connectivity index (χ3n) is 2.24. The van der Waals surface area contributed by atoms with Crippen molar-refractivity contribution in [3.05, 3.63) is 0 Å². The minimum Gasteiger partial charge on any atom is -0.380 e. The third kappa shape index (κ3) is 4.33. The molecule has 1 aliphatic rings. The standard InChI is InChI=1S/C10H19BrN2OS/c1-3-13(5-6-14-4-2)10-12-8-9(7-11)15-10/h9H,3-8H2,1-2H3. The highest BCUT2D eigenvalue weighted by Crippen LogP contribution is 2.24. The Morgan fingerprint density at radius 2 is 2.40 bits per heavy atom. The molecule has 0 saturated heterocycles. The van der Waals surface area contributed by atoms with Crippen LogP contribution < -0.4 is 0 Å². The predicted octanol–water partition coefficient (Wildman–Crippen LogP) is 2.21. The van der Waals surface area contributed by atoms with Crippen molar-refractivity contribution in [3.63, 3.8) is 0 Å². The molecule has 0 aliphatic carbocycles. The lowest BCUT2D eigenvalue weighted by Crippen LogP contribution is -2.31. The first-order chi connectivity index (χ1) is 7.31. The fourth-order valence-electron chi connectivity index (χ4n) is 1.37. The highest BCUT2D eigenvalue weighted by molar-refractivity contribution is 9.09. The molecule has 1 atom stereocenters. The maximum Gasteiger partial charge on any atom is 0.159 e. The largest absolute Gasteiger partial charge is 0.380 e. The van der Waals surface area contributed by atoms with Gasteiger partial charge >= 0.3 is 0 Å². The SMILES string of the molecule is CCOCCN(CC)C1=NCC(CBr)S1. The van der Waals surface area contributed by atoms with Crippen molar-refractivity contribution in [2.24, 2.45) is 4.99 Å². The van der Waals surface area contributed by atoms with E-state index in [1.165, 1.54) is 5.17 Å². The van der Waals surface area contributed by atoms with Gasteiger partial charge < -0.3 is 9.64 Å². The van der Waals surface area contributed by atoms with E-state index in [0.717, 1.165) is 38.2 Å². The summed E-state index contributed by atoms with van der Waals surface area (Å²) in [5.74, 6) is 0. The second-order valence-corrected chi connectivity index (χ2v) is 5.21. The highest BCUT2D eigenvalue weighted by atomic mass is 79.9.